The SMILES string of the molecule is CC(C)C1=CC(Cl)=C(OC2C=C(Cl)CC(=N)C2)CC1. The molecular weight excluding hydrogens is 281 g/mol. The van der Waals surface area contributed by atoms with Gasteiger partial charge in [-0.05, 0) is 24.5 Å². The molecule has 0 aromatic carbocycles. The standard InChI is InChI=1S/C15H19Cl2NO/c1-9(2)10-3-4-15(14(17)5-10)19-13-7-11(16)6-12(18)8-13/h5,7,9,13,18H,3-4,6,8H2,1-2H3. The van der Waals surface area contributed by atoms with E-state index in [1.54, 1.807) is 0 Å². The smallest absolute Gasteiger partial charge is 0.123 e. The average molecular weight is 300 g/mol. The molecule has 0 amide bonds. The second-order valence-corrected chi connectivity index (χ2v) is 6.29. The summed E-state index contributed by atoms with van der Waals surface area (Å²) in [6, 6.07) is 0. The predicted molar refractivity (Wildman–Crippen MR) is 80.8 cm³/mol. The van der Waals surface area contributed by atoms with Crippen LogP contribution in [0.5, 0.6) is 0 Å². The molecule has 1 unspecified atom stereocenters. The first-order valence-electron chi connectivity index (χ1n) is 6.64. The number of allylic oxidation sites excluding steroid dienone is 5. The molecule has 0 saturated heterocycles. The summed E-state index contributed by atoms with van der Waals surface area (Å²) in [5.41, 5.74) is 1.98. The average Bonchev–Trinajstić information content (AvgIpc) is 2.30. The van der Waals surface area contributed by atoms with Gasteiger partial charge in [0.25, 0.3) is 0 Å². The summed E-state index contributed by atoms with van der Waals surface area (Å²) < 4.78 is 5.91. The van der Waals surface area contributed by atoms with Gasteiger partial charge in [0.05, 0.1) is 5.03 Å². The Labute approximate surface area is 124 Å². The zero-order chi connectivity index (χ0) is 14.0. The van der Waals surface area contributed by atoms with Crippen LogP contribution >= 0.6 is 23.2 Å². The topological polar surface area (TPSA) is 33.1 Å². The first-order chi connectivity index (χ1) is 8.95. The van der Waals surface area contributed by atoms with Crippen molar-refractivity contribution in [2.75, 3.05) is 0 Å². The maximum absolute atomic E-state index is 7.74. The molecule has 19 heavy (non-hydrogen) atoms. The summed E-state index contributed by atoms with van der Waals surface area (Å²) in [6.07, 6.45) is 6.73. The Balaban J connectivity index is 2.09. The fourth-order valence-electron chi connectivity index (χ4n) is 2.36. The van der Waals surface area contributed by atoms with E-state index >= 15 is 0 Å². The fraction of sp³-hybridized carbons (Fsp3) is 0.533. The minimum Gasteiger partial charge on any atom is -0.489 e. The summed E-state index contributed by atoms with van der Waals surface area (Å²) in [5.74, 6) is 1.35. The van der Waals surface area contributed by atoms with Gasteiger partial charge >= 0.3 is 0 Å². The van der Waals surface area contributed by atoms with Crippen LogP contribution in [0.15, 0.2) is 33.5 Å². The molecular formula is C15H19Cl2NO. The van der Waals surface area contributed by atoms with Gasteiger partial charge in [0, 0.05) is 30.0 Å². The van der Waals surface area contributed by atoms with Gasteiger partial charge in [0.15, 0.2) is 0 Å². The quantitative estimate of drug-likeness (QED) is 0.769. The van der Waals surface area contributed by atoms with E-state index in [4.69, 9.17) is 33.3 Å². The van der Waals surface area contributed by atoms with Crippen molar-refractivity contribution < 1.29 is 4.74 Å². The molecule has 0 aromatic heterocycles. The van der Waals surface area contributed by atoms with Gasteiger partial charge in [-0.3, -0.25) is 0 Å². The van der Waals surface area contributed by atoms with Gasteiger partial charge in [-0.15, -0.1) is 0 Å². The van der Waals surface area contributed by atoms with Crippen LogP contribution in [0.2, 0.25) is 0 Å². The Hall–Kier alpha value is -0.730. The van der Waals surface area contributed by atoms with E-state index < -0.39 is 0 Å². The zero-order valence-electron chi connectivity index (χ0n) is 11.3. The van der Waals surface area contributed by atoms with Crippen LogP contribution in [-0.4, -0.2) is 11.8 Å². The van der Waals surface area contributed by atoms with Crippen LogP contribution in [-0.2, 0) is 4.74 Å². The molecule has 0 bridgehead atoms. The van der Waals surface area contributed by atoms with E-state index in [2.05, 4.69) is 13.8 Å². The highest BCUT2D eigenvalue weighted by molar-refractivity contribution is 6.32. The molecule has 0 aliphatic heterocycles. The van der Waals surface area contributed by atoms with Crippen molar-refractivity contribution >= 4 is 28.9 Å². The monoisotopic (exact) mass is 299 g/mol. The number of hydrogen-bond acceptors (Lipinski definition) is 2. The lowest BCUT2D eigenvalue weighted by atomic mass is 9.94. The Morgan fingerprint density at radius 1 is 1.32 bits per heavy atom. The molecule has 2 aliphatic carbocycles. The first kappa shape index (κ1) is 14.7. The maximum Gasteiger partial charge on any atom is 0.123 e. The van der Waals surface area contributed by atoms with Crippen molar-refractivity contribution in [1.29, 1.82) is 5.41 Å². The third-order valence-corrected chi connectivity index (χ3v) is 4.03. The predicted octanol–water partition coefficient (Wildman–Crippen LogP) is 5.13. The van der Waals surface area contributed by atoms with Gasteiger partial charge in [-0.2, -0.15) is 0 Å². The molecule has 0 saturated carbocycles. The van der Waals surface area contributed by atoms with Gasteiger partial charge < -0.3 is 10.1 Å². The van der Waals surface area contributed by atoms with Crippen LogP contribution in [0.1, 0.15) is 39.5 Å². The Morgan fingerprint density at radius 3 is 2.63 bits per heavy atom. The second-order valence-electron chi connectivity index (χ2n) is 5.40. The van der Waals surface area contributed by atoms with Crippen LogP contribution in [0.25, 0.3) is 0 Å². The van der Waals surface area contributed by atoms with Crippen LogP contribution in [0, 0.1) is 11.3 Å². The number of halogens is 2. The van der Waals surface area contributed by atoms with E-state index in [0.29, 0.717) is 34.5 Å². The summed E-state index contributed by atoms with van der Waals surface area (Å²) >= 11 is 12.3. The highest BCUT2D eigenvalue weighted by Gasteiger charge is 2.22. The largest absolute Gasteiger partial charge is 0.489 e. The number of nitrogens with one attached hydrogen (secondary N) is 1. The lowest BCUT2D eigenvalue weighted by Crippen LogP contribution is -2.20. The van der Waals surface area contributed by atoms with Gasteiger partial charge in [-0.25, -0.2) is 0 Å². The first-order valence-corrected chi connectivity index (χ1v) is 7.39. The van der Waals surface area contributed by atoms with Crippen molar-refractivity contribution in [2.45, 2.75) is 45.6 Å². The molecule has 1 atom stereocenters. The molecule has 2 rings (SSSR count). The van der Waals surface area contributed by atoms with E-state index in [0.717, 1.165) is 18.6 Å². The maximum atomic E-state index is 7.74. The molecule has 2 nitrogen and oxygen atoms in total. The third kappa shape index (κ3) is 3.87. The molecule has 0 aromatic rings. The van der Waals surface area contributed by atoms with Crippen LogP contribution in [0.3, 0.4) is 0 Å². The summed E-state index contributed by atoms with van der Waals surface area (Å²) in [7, 11) is 0. The van der Waals surface area contributed by atoms with Crippen molar-refractivity contribution in [1.82, 2.24) is 0 Å². The molecule has 2 aliphatic rings. The number of rotatable bonds is 3. The molecule has 104 valence electrons. The van der Waals surface area contributed by atoms with Crippen molar-refractivity contribution in [2.24, 2.45) is 5.92 Å². The van der Waals surface area contributed by atoms with E-state index in [-0.39, 0.29) is 6.10 Å². The van der Waals surface area contributed by atoms with Crippen molar-refractivity contribution in [3.05, 3.63) is 33.5 Å². The van der Waals surface area contributed by atoms with Gasteiger partial charge in [0.2, 0.25) is 0 Å². The van der Waals surface area contributed by atoms with Crippen LogP contribution in [0.4, 0.5) is 0 Å². The van der Waals surface area contributed by atoms with Gasteiger partial charge in [-0.1, -0.05) is 42.6 Å². The van der Waals surface area contributed by atoms with E-state index in [9.17, 15) is 0 Å². The van der Waals surface area contributed by atoms with Crippen molar-refractivity contribution in [3.63, 3.8) is 0 Å². The Bertz CT molecular complexity index is 475. The normalized spacial score (nSPS) is 24.5. The van der Waals surface area contributed by atoms with Gasteiger partial charge in [0.1, 0.15) is 11.9 Å². The number of ether oxygens (including phenoxy) is 1. The third-order valence-electron chi connectivity index (χ3n) is 3.45. The highest BCUT2D eigenvalue weighted by atomic mass is 35.5. The summed E-state index contributed by atoms with van der Waals surface area (Å²) in [4.78, 5) is 0. The van der Waals surface area contributed by atoms with Crippen LogP contribution < -0.4 is 0 Å². The molecule has 0 fully saturated rings. The minimum absolute atomic E-state index is 0.147. The van der Waals surface area contributed by atoms with Crippen molar-refractivity contribution in [3.8, 4) is 0 Å². The lowest BCUT2D eigenvalue weighted by molar-refractivity contribution is 0.148. The summed E-state index contributed by atoms with van der Waals surface area (Å²) in [6.45, 7) is 4.35. The molecule has 1 N–H and O–H groups in total. The molecule has 0 spiro atoms. The lowest BCUT2D eigenvalue weighted by Gasteiger charge is -2.25. The summed E-state index contributed by atoms with van der Waals surface area (Å²) in [5, 5.41) is 9.12. The zero-order valence-corrected chi connectivity index (χ0v) is 12.8. The Kier molecular flexibility index (Phi) is 4.75. The second kappa shape index (κ2) is 6.15. The number of hydrogen-bond donors (Lipinski definition) is 1. The van der Waals surface area contributed by atoms with E-state index in [1.807, 2.05) is 12.2 Å². The van der Waals surface area contributed by atoms with E-state index in [1.165, 1.54) is 5.57 Å². The molecule has 4 heteroatoms. The molecule has 0 radical (unpaired) electrons. The minimum atomic E-state index is -0.147. The molecule has 0 heterocycles. The fourth-order valence-corrected chi connectivity index (χ4v) is 2.94. The Morgan fingerprint density at radius 2 is 2.05 bits per heavy atom. The highest BCUT2D eigenvalue weighted by Crippen LogP contribution is 2.33.